The van der Waals surface area contributed by atoms with Gasteiger partial charge in [0, 0.05) is 30.0 Å². The molecule has 2 atom stereocenters. The van der Waals surface area contributed by atoms with Crippen LogP contribution in [0.15, 0.2) is 33.9 Å². The lowest BCUT2D eigenvalue weighted by molar-refractivity contribution is 0.364. The molecule has 0 aromatic carbocycles. The Morgan fingerprint density at radius 2 is 1.92 bits per heavy atom. The Morgan fingerprint density at radius 1 is 1.20 bits per heavy atom. The van der Waals surface area contributed by atoms with Gasteiger partial charge >= 0.3 is 0 Å². The Morgan fingerprint density at radius 3 is 2.52 bits per heavy atom. The van der Waals surface area contributed by atoms with Crippen molar-refractivity contribution in [2.75, 3.05) is 0 Å². The van der Waals surface area contributed by atoms with E-state index in [1.165, 1.54) is 31.7 Å². The topological polar surface area (TPSA) is 99.1 Å². The molecule has 0 bridgehead atoms. The van der Waals surface area contributed by atoms with Crippen LogP contribution in [0, 0.1) is 5.41 Å². The van der Waals surface area contributed by atoms with E-state index in [4.69, 9.17) is 9.66 Å². The van der Waals surface area contributed by atoms with Crippen LogP contribution in [0.2, 0.25) is 0 Å². The minimum Gasteiger partial charge on any atom is -0.361 e. The van der Waals surface area contributed by atoms with Crippen LogP contribution in [0.25, 0.3) is 0 Å². The molecule has 0 aliphatic heterocycles. The van der Waals surface area contributed by atoms with Crippen molar-refractivity contribution in [2.45, 2.75) is 62.3 Å². The van der Waals surface area contributed by atoms with Gasteiger partial charge in [-0.25, -0.2) is 18.5 Å². The lowest BCUT2D eigenvalue weighted by atomic mass is 10.0. The summed E-state index contributed by atoms with van der Waals surface area (Å²) in [5.41, 5.74) is 2.11. The highest BCUT2D eigenvalue weighted by molar-refractivity contribution is 7.89. The van der Waals surface area contributed by atoms with Gasteiger partial charge in [-0.1, -0.05) is 37.9 Å². The molecule has 134 valence electrons. The number of nitrogens with two attached hydrogens (primary N) is 1. The highest BCUT2D eigenvalue weighted by atomic mass is 32.2. The van der Waals surface area contributed by atoms with Crippen molar-refractivity contribution in [3.05, 3.63) is 41.4 Å². The fraction of sp³-hybridized carbons (Fsp3) is 0.556. The summed E-state index contributed by atoms with van der Waals surface area (Å²) in [7, 11) is -3.77. The number of aromatic nitrogens is 2. The van der Waals surface area contributed by atoms with Gasteiger partial charge in [-0.3, -0.25) is 0 Å². The molecule has 2 fully saturated rings. The van der Waals surface area contributed by atoms with E-state index in [2.05, 4.69) is 30.1 Å². The molecule has 2 unspecified atom stereocenters. The van der Waals surface area contributed by atoms with Crippen LogP contribution in [0.5, 0.6) is 0 Å². The minimum absolute atomic E-state index is 0.0251. The molecule has 7 heteroatoms. The maximum absolute atomic E-state index is 11.4. The molecule has 2 saturated carbocycles. The van der Waals surface area contributed by atoms with E-state index in [-0.39, 0.29) is 22.3 Å². The normalized spacial score (nSPS) is 26.0. The first-order chi connectivity index (χ1) is 11.8. The third-order valence-electron chi connectivity index (χ3n) is 5.86. The molecule has 0 spiro atoms. The zero-order valence-electron chi connectivity index (χ0n) is 14.5. The van der Waals surface area contributed by atoms with Gasteiger partial charge in [-0.15, -0.1) is 0 Å². The van der Waals surface area contributed by atoms with Crippen molar-refractivity contribution >= 4 is 10.0 Å². The highest BCUT2D eigenvalue weighted by Crippen LogP contribution is 2.69. The van der Waals surface area contributed by atoms with Crippen LogP contribution >= 0.6 is 0 Å². The predicted octanol–water partition coefficient (Wildman–Crippen LogP) is 3.28. The molecule has 0 amide bonds. The van der Waals surface area contributed by atoms with Gasteiger partial charge in [0.2, 0.25) is 0 Å². The van der Waals surface area contributed by atoms with E-state index in [9.17, 15) is 8.42 Å². The van der Waals surface area contributed by atoms with Crippen LogP contribution in [-0.2, 0) is 10.0 Å². The molecule has 2 aromatic rings. The molecule has 0 saturated heterocycles. The van der Waals surface area contributed by atoms with Gasteiger partial charge < -0.3 is 4.52 Å². The van der Waals surface area contributed by atoms with E-state index in [1.54, 1.807) is 12.3 Å². The van der Waals surface area contributed by atoms with Gasteiger partial charge in [0.1, 0.15) is 5.76 Å². The summed E-state index contributed by atoms with van der Waals surface area (Å²) < 4.78 is 28.4. The maximum atomic E-state index is 11.4. The second-order valence-corrected chi connectivity index (χ2v) is 9.40. The summed E-state index contributed by atoms with van der Waals surface area (Å²) in [6.07, 6.45) is 6.55. The van der Waals surface area contributed by atoms with E-state index in [1.807, 2.05) is 0 Å². The Balaban J connectivity index is 1.57. The zero-order valence-corrected chi connectivity index (χ0v) is 15.3. The molecule has 0 radical (unpaired) electrons. The summed E-state index contributed by atoms with van der Waals surface area (Å²) in [5.74, 6) is 1.93. The van der Waals surface area contributed by atoms with Gasteiger partial charge in [-0.2, -0.15) is 0 Å². The van der Waals surface area contributed by atoms with E-state index in [0.29, 0.717) is 5.92 Å². The number of pyridine rings is 1. The SMILES string of the molecule is CC1(C)C(c2ccc(S(N)(=O)=O)nc2)C1c1cc(C2CCCC2)no1. The fourth-order valence-corrected chi connectivity index (χ4v) is 4.86. The fourth-order valence-electron chi connectivity index (χ4n) is 4.40. The monoisotopic (exact) mass is 361 g/mol. The second-order valence-electron chi connectivity index (χ2n) is 7.89. The highest BCUT2D eigenvalue weighted by Gasteiger charge is 2.61. The van der Waals surface area contributed by atoms with Crippen molar-refractivity contribution in [2.24, 2.45) is 10.6 Å². The van der Waals surface area contributed by atoms with Gasteiger partial charge in [0.05, 0.1) is 5.69 Å². The molecule has 25 heavy (non-hydrogen) atoms. The average molecular weight is 361 g/mol. The number of hydrogen-bond donors (Lipinski definition) is 1. The lowest BCUT2D eigenvalue weighted by Gasteiger charge is -2.03. The standard InChI is InChI=1S/C18H23N3O3S/c1-18(2)16(12-7-8-15(20-10-12)25(19,22)23)17(18)14-9-13(21-24-14)11-5-3-4-6-11/h7-11,16-17H,3-6H2,1-2H3,(H2,19,22,23). The predicted molar refractivity (Wildman–Crippen MR) is 92.6 cm³/mol. The minimum atomic E-state index is -3.77. The Labute approximate surface area is 147 Å². The van der Waals surface area contributed by atoms with Gasteiger partial charge in [0.25, 0.3) is 10.0 Å². The third kappa shape index (κ3) is 2.89. The molecule has 2 aromatic heterocycles. The van der Waals surface area contributed by atoms with Crippen LogP contribution in [0.3, 0.4) is 0 Å². The first-order valence-corrected chi connectivity index (χ1v) is 10.3. The quantitative estimate of drug-likeness (QED) is 0.901. The Hall–Kier alpha value is -1.73. The van der Waals surface area contributed by atoms with E-state index >= 15 is 0 Å². The van der Waals surface area contributed by atoms with Crippen LogP contribution in [-0.4, -0.2) is 18.6 Å². The zero-order chi connectivity index (χ0) is 17.8. The lowest BCUT2D eigenvalue weighted by Crippen LogP contribution is -2.13. The molecule has 2 N–H and O–H groups in total. The third-order valence-corrected chi connectivity index (χ3v) is 6.69. The summed E-state index contributed by atoms with van der Waals surface area (Å²) in [6.45, 7) is 4.38. The van der Waals surface area contributed by atoms with Gasteiger partial charge in [-0.05, 0) is 29.9 Å². The van der Waals surface area contributed by atoms with Crippen molar-refractivity contribution in [1.29, 1.82) is 0 Å². The summed E-state index contributed by atoms with van der Waals surface area (Å²) in [4.78, 5) is 4.01. The smallest absolute Gasteiger partial charge is 0.255 e. The van der Waals surface area contributed by atoms with Gasteiger partial charge in [0.15, 0.2) is 5.03 Å². The van der Waals surface area contributed by atoms with Crippen LogP contribution in [0.1, 0.15) is 74.3 Å². The van der Waals surface area contributed by atoms with E-state index < -0.39 is 10.0 Å². The molecule has 2 aliphatic carbocycles. The first kappa shape index (κ1) is 16.7. The largest absolute Gasteiger partial charge is 0.361 e. The van der Waals surface area contributed by atoms with Crippen LogP contribution < -0.4 is 5.14 Å². The molecule has 4 rings (SSSR count). The van der Waals surface area contributed by atoms with Crippen molar-refractivity contribution < 1.29 is 12.9 Å². The summed E-state index contributed by atoms with van der Waals surface area (Å²) >= 11 is 0. The Kier molecular flexibility index (Phi) is 3.77. The summed E-state index contributed by atoms with van der Waals surface area (Å²) in [6, 6.07) is 5.39. The van der Waals surface area contributed by atoms with E-state index in [0.717, 1.165) is 17.0 Å². The average Bonchev–Trinajstić information content (AvgIpc) is 3.03. The first-order valence-electron chi connectivity index (χ1n) is 8.74. The summed E-state index contributed by atoms with van der Waals surface area (Å²) in [5, 5.41) is 9.33. The van der Waals surface area contributed by atoms with Crippen LogP contribution in [0.4, 0.5) is 0 Å². The molecule has 6 nitrogen and oxygen atoms in total. The second kappa shape index (κ2) is 5.64. The Bertz CT molecular complexity index is 881. The number of rotatable bonds is 4. The van der Waals surface area contributed by atoms with Crippen molar-refractivity contribution in [3.8, 4) is 0 Å². The molecule has 2 heterocycles. The van der Waals surface area contributed by atoms with Crippen molar-refractivity contribution in [3.63, 3.8) is 0 Å². The number of primary sulfonamides is 1. The number of sulfonamides is 1. The molecular formula is C18H23N3O3S. The molecule has 2 aliphatic rings. The van der Waals surface area contributed by atoms with Crippen molar-refractivity contribution in [1.82, 2.24) is 10.1 Å². The number of hydrogen-bond acceptors (Lipinski definition) is 5. The number of nitrogens with zero attached hydrogens (tertiary/aromatic N) is 2. The maximum Gasteiger partial charge on any atom is 0.255 e. The molecular weight excluding hydrogens is 338 g/mol.